The SMILES string of the molecule is [2H]C1=C(C([2H])([2H])[2H])OS(=O)(=O)[N-]C1=O.[Na+]. The van der Waals surface area contributed by atoms with E-state index in [-0.39, 0.29) is 29.6 Å². The average molecular weight is 189 g/mol. The molecular formula is C4H4NNaO4S. The van der Waals surface area contributed by atoms with Crippen molar-refractivity contribution in [2.75, 3.05) is 0 Å². The maximum Gasteiger partial charge on any atom is 1.00 e. The van der Waals surface area contributed by atoms with Gasteiger partial charge in [0.25, 0.3) is 10.3 Å². The van der Waals surface area contributed by atoms with Crippen molar-refractivity contribution < 1.29 is 52.4 Å². The first-order valence-corrected chi connectivity index (χ1v) is 3.43. The van der Waals surface area contributed by atoms with E-state index in [4.69, 9.17) is 5.48 Å². The molecule has 0 atom stereocenters. The van der Waals surface area contributed by atoms with E-state index in [1.807, 2.05) is 0 Å². The van der Waals surface area contributed by atoms with Crippen molar-refractivity contribution in [2.24, 2.45) is 0 Å². The largest absolute Gasteiger partial charge is 1.00 e. The number of carbonyl (C=O) groups excluding carboxylic acids is 1. The fourth-order valence-electron chi connectivity index (χ4n) is 0.366. The van der Waals surface area contributed by atoms with Gasteiger partial charge in [-0.3, -0.25) is 0 Å². The first-order valence-electron chi connectivity index (χ1n) is 4.06. The van der Waals surface area contributed by atoms with E-state index in [2.05, 4.69) is 8.91 Å². The number of hydrogen-bond donors (Lipinski definition) is 0. The molecule has 1 rings (SSSR count). The van der Waals surface area contributed by atoms with Crippen molar-refractivity contribution in [1.82, 2.24) is 0 Å². The maximum atomic E-state index is 10.7. The van der Waals surface area contributed by atoms with Gasteiger partial charge in [-0.2, -0.15) is 0 Å². The van der Waals surface area contributed by atoms with E-state index < -0.39 is 34.9 Å². The minimum absolute atomic E-state index is 0. The molecule has 0 saturated heterocycles. The second-order valence-corrected chi connectivity index (χ2v) is 2.57. The van der Waals surface area contributed by atoms with Crippen molar-refractivity contribution in [3.8, 4) is 0 Å². The molecule has 5 nitrogen and oxygen atoms in total. The topological polar surface area (TPSA) is 74.5 Å². The molecule has 0 aliphatic carbocycles. The van der Waals surface area contributed by atoms with E-state index in [1.54, 1.807) is 0 Å². The molecule has 0 aromatic rings. The number of allylic oxidation sites excluding steroid dienone is 1. The number of nitrogens with zero attached hydrogens (tertiary/aromatic N) is 1. The van der Waals surface area contributed by atoms with Crippen LogP contribution in [0.4, 0.5) is 0 Å². The predicted octanol–water partition coefficient (Wildman–Crippen LogP) is -2.93. The van der Waals surface area contributed by atoms with E-state index >= 15 is 0 Å². The Kier molecular flexibility index (Phi) is 1.81. The van der Waals surface area contributed by atoms with Gasteiger partial charge in [-0.25, -0.2) is 8.42 Å². The van der Waals surface area contributed by atoms with Gasteiger partial charge in [0.1, 0.15) is 5.76 Å². The molecular weight excluding hydrogens is 181 g/mol. The summed E-state index contributed by atoms with van der Waals surface area (Å²) < 4.78 is 55.1. The van der Waals surface area contributed by atoms with Crippen molar-refractivity contribution in [3.05, 3.63) is 16.5 Å². The minimum Gasteiger partial charge on any atom is -0.509 e. The number of amides is 1. The fraction of sp³-hybridized carbons (Fsp3) is 0.250. The third kappa shape index (κ3) is 3.24. The third-order valence-electron chi connectivity index (χ3n) is 0.604. The quantitative estimate of drug-likeness (QED) is 0.382. The molecule has 0 fully saturated rings. The molecule has 1 aliphatic rings. The van der Waals surface area contributed by atoms with Crippen molar-refractivity contribution in [1.29, 1.82) is 0 Å². The van der Waals surface area contributed by atoms with Crippen LogP contribution in [0, 0.1) is 0 Å². The summed E-state index contributed by atoms with van der Waals surface area (Å²) in [7, 11) is -4.56. The van der Waals surface area contributed by atoms with Crippen LogP contribution in [0.25, 0.3) is 4.72 Å². The van der Waals surface area contributed by atoms with E-state index in [1.165, 1.54) is 0 Å². The Morgan fingerprint density at radius 1 is 1.82 bits per heavy atom. The standard InChI is InChI=1S/C4H5NO4S.Na/c1-3-2-4(6)5-10(7,8)9-3;/h2H,1H3,(H,5,6);/q;+1/p-1/i1D3,2D;. The summed E-state index contributed by atoms with van der Waals surface area (Å²) in [4.78, 5) is 10.7. The van der Waals surface area contributed by atoms with Gasteiger partial charge in [0, 0.05) is 10.2 Å². The van der Waals surface area contributed by atoms with Crippen molar-refractivity contribution >= 4 is 16.2 Å². The van der Waals surface area contributed by atoms with Gasteiger partial charge >= 0.3 is 29.6 Å². The molecule has 56 valence electrons. The van der Waals surface area contributed by atoms with Crippen LogP contribution in [0.1, 0.15) is 12.3 Å². The second-order valence-electron chi connectivity index (χ2n) is 1.36. The summed E-state index contributed by atoms with van der Waals surface area (Å²) >= 11 is 0. The van der Waals surface area contributed by atoms with Gasteiger partial charge in [0.05, 0.1) is 7.28 Å². The molecule has 11 heavy (non-hydrogen) atoms. The third-order valence-corrected chi connectivity index (χ3v) is 1.37. The van der Waals surface area contributed by atoms with Gasteiger partial charge in [-0.15, -0.1) is 0 Å². The van der Waals surface area contributed by atoms with Gasteiger partial charge in [0.15, 0.2) is 0 Å². The zero-order valence-corrected chi connectivity index (χ0v) is 8.30. The molecule has 7 heteroatoms. The Bertz CT molecular complexity index is 413. The van der Waals surface area contributed by atoms with Crippen molar-refractivity contribution in [3.63, 3.8) is 0 Å². The van der Waals surface area contributed by atoms with E-state index in [0.29, 0.717) is 0 Å². The normalized spacial score (nSPS) is 27.8. The molecule has 0 saturated carbocycles. The number of carbonyl (C=O) groups is 1. The van der Waals surface area contributed by atoms with Crippen LogP contribution in [-0.4, -0.2) is 14.3 Å². The van der Waals surface area contributed by atoms with Crippen LogP contribution >= 0.6 is 0 Å². The second kappa shape index (κ2) is 3.57. The summed E-state index contributed by atoms with van der Waals surface area (Å²) in [6.45, 7) is -2.96. The molecule has 1 heterocycles. The summed E-state index contributed by atoms with van der Waals surface area (Å²) in [6, 6.07) is -1.07. The monoisotopic (exact) mass is 189 g/mol. The van der Waals surface area contributed by atoms with Crippen LogP contribution < -0.4 is 29.6 Å². The van der Waals surface area contributed by atoms with Gasteiger partial charge in [-0.1, -0.05) is 0 Å². The Labute approximate surface area is 92.0 Å². The first kappa shape index (κ1) is 5.58. The molecule has 1 aliphatic heterocycles. The number of hydrogen-bond acceptors (Lipinski definition) is 4. The summed E-state index contributed by atoms with van der Waals surface area (Å²) in [6.07, 6.45) is 0. The Hall–Kier alpha value is -0.0400. The molecule has 0 unspecified atom stereocenters. The van der Waals surface area contributed by atoms with Crippen LogP contribution in [0.15, 0.2) is 11.8 Å². The average Bonchev–Trinajstić information content (AvgIpc) is 1.93. The summed E-state index contributed by atoms with van der Waals surface area (Å²) in [5, 5.41) is 0. The summed E-state index contributed by atoms with van der Waals surface area (Å²) in [5.41, 5.74) is 0. The Morgan fingerprint density at radius 3 is 3.00 bits per heavy atom. The smallest absolute Gasteiger partial charge is 0.509 e. The number of rotatable bonds is 0. The molecule has 0 aromatic carbocycles. The Balaban J connectivity index is 0.00000196. The van der Waals surface area contributed by atoms with E-state index in [9.17, 15) is 13.2 Å². The molecule has 1 amide bonds. The molecule has 0 N–H and O–H groups in total. The van der Waals surface area contributed by atoms with Crippen LogP contribution in [0.5, 0.6) is 0 Å². The Morgan fingerprint density at radius 2 is 2.45 bits per heavy atom. The predicted molar refractivity (Wildman–Crippen MR) is 32.1 cm³/mol. The van der Waals surface area contributed by atoms with Gasteiger partial charge in [0.2, 0.25) is 0 Å². The fourth-order valence-corrected chi connectivity index (χ4v) is 0.905. The molecule has 0 spiro atoms. The zero-order valence-electron chi connectivity index (χ0n) is 9.49. The summed E-state index contributed by atoms with van der Waals surface area (Å²) in [5.74, 6) is -2.61. The minimum atomic E-state index is -4.56. The first-order chi connectivity index (χ1) is 6.13. The molecule has 0 aromatic heterocycles. The van der Waals surface area contributed by atoms with Gasteiger partial charge < -0.3 is 13.7 Å². The van der Waals surface area contributed by atoms with Gasteiger partial charge in [-0.05, 0) is 6.85 Å². The van der Waals surface area contributed by atoms with Crippen LogP contribution in [0.3, 0.4) is 0 Å². The van der Waals surface area contributed by atoms with Crippen LogP contribution in [0.2, 0.25) is 0 Å². The maximum absolute atomic E-state index is 10.7. The molecule has 0 radical (unpaired) electrons. The molecule has 0 bridgehead atoms. The van der Waals surface area contributed by atoms with Crippen LogP contribution in [-0.2, 0) is 19.3 Å². The van der Waals surface area contributed by atoms with Crippen molar-refractivity contribution in [2.45, 2.75) is 6.85 Å². The zero-order chi connectivity index (χ0) is 11.1. The van der Waals surface area contributed by atoms with E-state index in [0.717, 1.165) is 0 Å².